The van der Waals surface area contributed by atoms with Crippen LogP contribution in [0.3, 0.4) is 0 Å². The van der Waals surface area contributed by atoms with E-state index in [1.54, 1.807) is 18.2 Å². The Kier molecular flexibility index (Phi) is 2.31. The van der Waals surface area contributed by atoms with E-state index < -0.39 is 0 Å². The second-order valence-electron chi connectivity index (χ2n) is 3.60. The van der Waals surface area contributed by atoms with Gasteiger partial charge in [0, 0.05) is 5.02 Å². The summed E-state index contributed by atoms with van der Waals surface area (Å²) in [5.41, 5.74) is 0.711. The summed E-state index contributed by atoms with van der Waals surface area (Å²) in [6.07, 6.45) is 0. The Morgan fingerprint density at radius 3 is 2.25 bits per heavy atom. The fourth-order valence-corrected chi connectivity index (χ4v) is 1.20. The zero-order chi connectivity index (χ0) is 9.35. The summed E-state index contributed by atoms with van der Waals surface area (Å²) in [7, 11) is 5.81. The molecule has 0 radical (unpaired) electrons. The Morgan fingerprint density at radius 1 is 1.25 bits per heavy atom. The Hall–Kier alpha value is -0.730. The summed E-state index contributed by atoms with van der Waals surface area (Å²) >= 11 is 5.70. The monoisotopic (exact) mass is 185 g/mol. The van der Waals surface area contributed by atoms with Gasteiger partial charge in [0.1, 0.15) is 5.69 Å². The third kappa shape index (κ3) is 1.71. The number of quaternary nitrogens is 1. The van der Waals surface area contributed by atoms with Crippen molar-refractivity contribution in [3.05, 3.63) is 23.2 Å². The van der Waals surface area contributed by atoms with Crippen LogP contribution in [0.4, 0.5) is 5.69 Å². The molecule has 0 aliphatic carbocycles. The van der Waals surface area contributed by atoms with E-state index in [4.69, 9.17) is 11.6 Å². The molecule has 0 bridgehead atoms. The normalized spacial score (nSPS) is 11.7. The zero-order valence-corrected chi connectivity index (χ0v) is 8.22. The summed E-state index contributed by atoms with van der Waals surface area (Å²) < 4.78 is 0.499. The first-order chi connectivity index (χ1) is 5.43. The highest BCUT2D eigenvalue weighted by atomic mass is 35.5. The number of hydrogen-bond donors (Lipinski definition) is 0. The van der Waals surface area contributed by atoms with Gasteiger partial charge in [-0.05, 0) is 17.9 Å². The highest BCUT2D eigenvalue weighted by Crippen LogP contribution is 2.32. The SMILES string of the molecule is C[N+](C)(C)c1cccc(Cl)c1[O-]. The number of rotatable bonds is 1. The van der Waals surface area contributed by atoms with E-state index >= 15 is 0 Å². The van der Waals surface area contributed by atoms with Gasteiger partial charge >= 0.3 is 0 Å². The Bertz CT molecular complexity index is 291. The van der Waals surface area contributed by atoms with Gasteiger partial charge in [0.2, 0.25) is 0 Å². The quantitative estimate of drug-likeness (QED) is 0.610. The second kappa shape index (κ2) is 2.96. The van der Waals surface area contributed by atoms with Crippen molar-refractivity contribution in [3.63, 3.8) is 0 Å². The molecule has 0 unspecified atom stereocenters. The molecule has 12 heavy (non-hydrogen) atoms. The summed E-state index contributed by atoms with van der Waals surface area (Å²) in [6.45, 7) is 0. The van der Waals surface area contributed by atoms with Crippen LogP contribution in [0.1, 0.15) is 0 Å². The molecule has 1 aromatic carbocycles. The van der Waals surface area contributed by atoms with Crippen molar-refractivity contribution in [1.29, 1.82) is 0 Å². The first kappa shape index (κ1) is 9.36. The molecule has 0 aliphatic rings. The van der Waals surface area contributed by atoms with E-state index in [2.05, 4.69) is 0 Å². The van der Waals surface area contributed by atoms with Gasteiger partial charge in [0.15, 0.2) is 0 Å². The van der Waals surface area contributed by atoms with Crippen molar-refractivity contribution < 1.29 is 5.11 Å². The van der Waals surface area contributed by atoms with Crippen molar-refractivity contribution in [2.24, 2.45) is 0 Å². The first-order valence-corrected chi connectivity index (χ1v) is 4.08. The van der Waals surface area contributed by atoms with Gasteiger partial charge in [-0.15, -0.1) is 0 Å². The molecule has 0 amide bonds. The molecule has 1 aromatic rings. The largest absolute Gasteiger partial charge is 0.867 e. The molecule has 0 atom stereocenters. The Morgan fingerprint density at radius 2 is 1.83 bits per heavy atom. The van der Waals surface area contributed by atoms with Gasteiger partial charge < -0.3 is 5.11 Å². The van der Waals surface area contributed by atoms with E-state index in [9.17, 15) is 5.11 Å². The van der Waals surface area contributed by atoms with Gasteiger partial charge in [-0.2, -0.15) is 0 Å². The molecule has 1 rings (SSSR count). The zero-order valence-electron chi connectivity index (χ0n) is 7.47. The minimum atomic E-state index is -0.0772. The predicted octanol–water partition coefficient (Wildman–Crippen LogP) is 1.61. The number of nitrogens with zero attached hydrogens (tertiary/aromatic N) is 1. The molecule has 0 saturated carbocycles. The fourth-order valence-electron chi connectivity index (χ4n) is 1.03. The van der Waals surface area contributed by atoms with Crippen LogP contribution >= 0.6 is 11.6 Å². The van der Waals surface area contributed by atoms with E-state index in [1.165, 1.54) is 0 Å². The molecule has 0 aromatic heterocycles. The Balaban J connectivity index is 3.26. The van der Waals surface area contributed by atoms with E-state index in [1.807, 2.05) is 21.1 Å². The minimum absolute atomic E-state index is 0.0772. The van der Waals surface area contributed by atoms with Crippen LogP contribution in [0.15, 0.2) is 18.2 Å². The van der Waals surface area contributed by atoms with Gasteiger partial charge in [-0.25, -0.2) is 0 Å². The fraction of sp³-hybridized carbons (Fsp3) is 0.333. The van der Waals surface area contributed by atoms with Gasteiger partial charge in [0.25, 0.3) is 0 Å². The molecular weight excluding hydrogens is 174 g/mol. The van der Waals surface area contributed by atoms with Crippen LogP contribution in [0.25, 0.3) is 0 Å². The van der Waals surface area contributed by atoms with E-state index in [-0.39, 0.29) is 5.75 Å². The maximum absolute atomic E-state index is 11.5. The summed E-state index contributed by atoms with van der Waals surface area (Å²) in [6, 6.07) is 5.21. The lowest BCUT2D eigenvalue weighted by atomic mass is 10.2. The standard InChI is InChI=1S/C9H12ClNO/c1-11(2,3)8-6-4-5-7(10)9(8)12/h4-6H,1-3H3. The topological polar surface area (TPSA) is 23.1 Å². The predicted molar refractivity (Wildman–Crippen MR) is 50.5 cm³/mol. The molecule has 3 heteroatoms. The second-order valence-corrected chi connectivity index (χ2v) is 4.01. The summed E-state index contributed by atoms with van der Waals surface area (Å²) in [5.74, 6) is -0.0772. The van der Waals surface area contributed by atoms with Crippen LogP contribution < -0.4 is 9.59 Å². The highest BCUT2D eigenvalue weighted by Gasteiger charge is 2.13. The van der Waals surface area contributed by atoms with E-state index in [0.717, 1.165) is 0 Å². The smallest absolute Gasteiger partial charge is 0.125 e. The molecule has 0 fully saturated rings. The number of benzene rings is 1. The first-order valence-electron chi connectivity index (χ1n) is 3.70. The minimum Gasteiger partial charge on any atom is -0.867 e. The average molecular weight is 186 g/mol. The van der Waals surface area contributed by atoms with Gasteiger partial charge in [-0.1, -0.05) is 17.7 Å². The van der Waals surface area contributed by atoms with Crippen molar-refractivity contribution in [1.82, 2.24) is 4.48 Å². The van der Waals surface area contributed by atoms with Crippen molar-refractivity contribution in [2.45, 2.75) is 0 Å². The lowest BCUT2D eigenvalue weighted by molar-refractivity contribution is -0.268. The van der Waals surface area contributed by atoms with Gasteiger partial charge in [-0.3, -0.25) is 4.48 Å². The van der Waals surface area contributed by atoms with Crippen molar-refractivity contribution in [3.8, 4) is 5.75 Å². The lowest BCUT2D eigenvalue weighted by Gasteiger charge is -2.28. The molecule has 0 N–H and O–H groups in total. The molecule has 0 heterocycles. The molecule has 0 saturated heterocycles. The van der Waals surface area contributed by atoms with E-state index in [0.29, 0.717) is 15.2 Å². The molecule has 66 valence electrons. The van der Waals surface area contributed by atoms with Crippen molar-refractivity contribution in [2.75, 3.05) is 21.1 Å². The third-order valence-corrected chi connectivity index (χ3v) is 1.97. The van der Waals surface area contributed by atoms with Crippen LogP contribution in [-0.2, 0) is 0 Å². The molecule has 0 spiro atoms. The number of hydrogen-bond acceptors (Lipinski definition) is 1. The van der Waals surface area contributed by atoms with Crippen molar-refractivity contribution >= 4 is 17.3 Å². The number of para-hydroxylation sites is 1. The Labute approximate surface area is 77.6 Å². The van der Waals surface area contributed by atoms with Crippen LogP contribution in [0.2, 0.25) is 5.02 Å². The molecular formula is C9H12ClNO. The van der Waals surface area contributed by atoms with Gasteiger partial charge in [0.05, 0.1) is 21.1 Å². The highest BCUT2D eigenvalue weighted by molar-refractivity contribution is 6.32. The molecule has 2 nitrogen and oxygen atoms in total. The van der Waals surface area contributed by atoms with Crippen LogP contribution in [-0.4, -0.2) is 21.1 Å². The summed E-state index contributed by atoms with van der Waals surface area (Å²) in [5, 5.41) is 11.8. The third-order valence-electron chi connectivity index (χ3n) is 1.67. The number of halogens is 1. The maximum Gasteiger partial charge on any atom is 0.125 e. The van der Waals surface area contributed by atoms with Crippen LogP contribution in [0, 0.1) is 0 Å². The molecule has 0 aliphatic heterocycles. The summed E-state index contributed by atoms with van der Waals surface area (Å²) in [4.78, 5) is 0. The average Bonchev–Trinajstić information content (AvgIpc) is 1.92. The van der Waals surface area contributed by atoms with Crippen LogP contribution in [0.5, 0.6) is 5.75 Å². The maximum atomic E-state index is 11.5. The lowest BCUT2D eigenvalue weighted by Crippen LogP contribution is -2.35.